The lowest BCUT2D eigenvalue weighted by atomic mass is 10.1. The predicted octanol–water partition coefficient (Wildman–Crippen LogP) is 2.50. The van der Waals surface area contributed by atoms with E-state index in [9.17, 15) is 4.79 Å². The molecule has 0 aromatic heterocycles. The maximum Gasteiger partial charge on any atom is 0.347 e. The van der Waals surface area contributed by atoms with Crippen LogP contribution in [0.4, 0.5) is 0 Å². The molecule has 1 atom stereocenters. The van der Waals surface area contributed by atoms with Crippen LogP contribution < -0.4 is 10.1 Å². The molecule has 1 N–H and O–H groups in total. The first-order valence-electron chi connectivity index (χ1n) is 7.14. The van der Waals surface area contributed by atoms with Gasteiger partial charge in [-0.05, 0) is 30.5 Å². The van der Waals surface area contributed by atoms with Crippen molar-refractivity contribution >= 4 is 5.97 Å². The number of carbonyl (C=O) groups is 1. The minimum atomic E-state index is -0.452. The van der Waals surface area contributed by atoms with E-state index in [1.54, 1.807) is 0 Å². The molecule has 20 heavy (non-hydrogen) atoms. The molecule has 110 valence electrons. The molecule has 1 heterocycles. The number of carbonyl (C=O) groups excluding carboxylic acids is 1. The van der Waals surface area contributed by atoms with Crippen molar-refractivity contribution in [1.29, 1.82) is 0 Å². The summed E-state index contributed by atoms with van der Waals surface area (Å²) >= 11 is 0. The Morgan fingerprint density at radius 1 is 1.35 bits per heavy atom. The third-order valence-electron chi connectivity index (χ3n) is 3.38. The van der Waals surface area contributed by atoms with Gasteiger partial charge in [0.1, 0.15) is 5.75 Å². The highest BCUT2D eigenvalue weighted by Crippen LogP contribution is 2.27. The second-order valence-corrected chi connectivity index (χ2v) is 5.66. The summed E-state index contributed by atoms with van der Waals surface area (Å²) < 4.78 is 10.8. The van der Waals surface area contributed by atoms with E-state index in [2.05, 4.69) is 31.3 Å². The number of hydrogen-bond donors (Lipinski definition) is 1. The molecule has 1 unspecified atom stereocenters. The Bertz CT molecular complexity index is 473. The van der Waals surface area contributed by atoms with Gasteiger partial charge in [0.15, 0.2) is 6.10 Å². The molecule has 1 aromatic carbocycles. The zero-order chi connectivity index (χ0) is 14.7. The first kappa shape index (κ1) is 14.9. The van der Waals surface area contributed by atoms with E-state index in [4.69, 9.17) is 9.47 Å². The van der Waals surface area contributed by atoms with Gasteiger partial charge in [-0.1, -0.05) is 26.0 Å². The van der Waals surface area contributed by atoms with E-state index in [-0.39, 0.29) is 5.97 Å². The summed E-state index contributed by atoms with van der Waals surface area (Å²) in [5.41, 5.74) is 3.35. The summed E-state index contributed by atoms with van der Waals surface area (Å²) in [5.74, 6) is 0.552. The standard InChI is InChI=1S/C16H23NO3/c1-10(2)17-9-13-7-11(3)15(12(4)8-13)20-14-5-6-19-16(14)18/h7-8,10,14,17H,5-6,9H2,1-4H3. The number of aryl methyl sites for hydroxylation is 2. The fraction of sp³-hybridized carbons (Fsp3) is 0.562. The Morgan fingerprint density at radius 2 is 2.00 bits per heavy atom. The van der Waals surface area contributed by atoms with E-state index in [1.165, 1.54) is 5.56 Å². The smallest absolute Gasteiger partial charge is 0.347 e. The summed E-state index contributed by atoms with van der Waals surface area (Å²) in [6.45, 7) is 9.58. The molecule has 0 spiro atoms. The van der Waals surface area contributed by atoms with Crippen molar-refractivity contribution in [3.05, 3.63) is 28.8 Å². The lowest BCUT2D eigenvalue weighted by Crippen LogP contribution is -2.23. The summed E-state index contributed by atoms with van der Waals surface area (Å²) in [7, 11) is 0. The lowest BCUT2D eigenvalue weighted by Gasteiger charge is -2.17. The Balaban J connectivity index is 2.12. The average molecular weight is 277 g/mol. The molecule has 1 saturated heterocycles. The summed E-state index contributed by atoms with van der Waals surface area (Å²) in [5, 5.41) is 3.40. The lowest BCUT2D eigenvalue weighted by molar-refractivity contribution is -0.143. The number of benzene rings is 1. The van der Waals surface area contributed by atoms with Crippen LogP contribution in [-0.2, 0) is 16.1 Å². The molecule has 4 heteroatoms. The summed E-state index contributed by atoms with van der Waals surface area (Å²) in [6.07, 6.45) is 0.181. The largest absolute Gasteiger partial charge is 0.478 e. The number of hydrogen-bond acceptors (Lipinski definition) is 4. The zero-order valence-corrected chi connectivity index (χ0v) is 12.7. The van der Waals surface area contributed by atoms with Crippen LogP contribution in [0.25, 0.3) is 0 Å². The van der Waals surface area contributed by atoms with E-state index < -0.39 is 6.10 Å². The summed E-state index contributed by atoms with van der Waals surface area (Å²) in [6, 6.07) is 4.68. The van der Waals surface area contributed by atoms with E-state index in [0.29, 0.717) is 19.1 Å². The van der Waals surface area contributed by atoms with Crippen molar-refractivity contribution in [3.8, 4) is 5.75 Å². The first-order valence-corrected chi connectivity index (χ1v) is 7.14. The van der Waals surface area contributed by atoms with Crippen molar-refractivity contribution in [2.45, 2.75) is 52.8 Å². The van der Waals surface area contributed by atoms with Crippen LogP contribution in [0, 0.1) is 13.8 Å². The molecule has 0 bridgehead atoms. The molecule has 1 aliphatic rings. The Morgan fingerprint density at radius 3 is 2.50 bits per heavy atom. The van der Waals surface area contributed by atoms with Crippen molar-refractivity contribution < 1.29 is 14.3 Å². The molecule has 1 fully saturated rings. The van der Waals surface area contributed by atoms with Gasteiger partial charge in [-0.15, -0.1) is 0 Å². The van der Waals surface area contributed by atoms with Gasteiger partial charge in [0.05, 0.1) is 6.61 Å². The van der Waals surface area contributed by atoms with Gasteiger partial charge in [0.25, 0.3) is 0 Å². The monoisotopic (exact) mass is 277 g/mol. The van der Waals surface area contributed by atoms with Crippen LogP contribution in [-0.4, -0.2) is 24.7 Å². The third kappa shape index (κ3) is 3.51. The number of ether oxygens (including phenoxy) is 2. The molecule has 0 radical (unpaired) electrons. The number of nitrogens with one attached hydrogen (secondary N) is 1. The van der Waals surface area contributed by atoms with Crippen LogP contribution in [0.3, 0.4) is 0 Å². The molecule has 4 nitrogen and oxygen atoms in total. The Labute approximate surface area is 120 Å². The SMILES string of the molecule is Cc1cc(CNC(C)C)cc(C)c1OC1CCOC1=O. The van der Waals surface area contributed by atoms with Crippen molar-refractivity contribution in [2.75, 3.05) is 6.61 Å². The van der Waals surface area contributed by atoms with Gasteiger partial charge in [-0.25, -0.2) is 4.79 Å². The highest BCUT2D eigenvalue weighted by Gasteiger charge is 2.29. The van der Waals surface area contributed by atoms with Crippen LogP contribution in [0.2, 0.25) is 0 Å². The van der Waals surface area contributed by atoms with Crippen LogP contribution in [0.5, 0.6) is 5.75 Å². The van der Waals surface area contributed by atoms with Gasteiger partial charge >= 0.3 is 5.97 Å². The average Bonchev–Trinajstić information content (AvgIpc) is 2.77. The van der Waals surface area contributed by atoms with Gasteiger partial charge in [0, 0.05) is 19.0 Å². The highest BCUT2D eigenvalue weighted by molar-refractivity contribution is 5.77. The Kier molecular flexibility index (Phi) is 4.65. The third-order valence-corrected chi connectivity index (χ3v) is 3.38. The second-order valence-electron chi connectivity index (χ2n) is 5.66. The van der Waals surface area contributed by atoms with Crippen molar-refractivity contribution in [2.24, 2.45) is 0 Å². The quantitative estimate of drug-likeness (QED) is 0.840. The van der Waals surface area contributed by atoms with Crippen molar-refractivity contribution in [1.82, 2.24) is 5.32 Å². The maximum atomic E-state index is 11.5. The predicted molar refractivity (Wildman–Crippen MR) is 77.9 cm³/mol. The van der Waals surface area contributed by atoms with Crippen LogP contribution >= 0.6 is 0 Å². The van der Waals surface area contributed by atoms with Gasteiger partial charge in [0.2, 0.25) is 0 Å². The molecule has 2 rings (SSSR count). The van der Waals surface area contributed by atoms with Gasteiger partial charge in [-0.3, -0.25) is 0 Å². The molecule has 0 aliphatic carbocycles. The molecule has 1 aromatic rings. The van der Waals surface area contributed by atoms with Crippen LogP contribution in [0.1, 0.15) is 37.0 Å². The topological polar surface area (TPSA) is 47.6 Å². The van der Waals surface area contributed by atoms with Gasteiger partial charge in [-0.2, -0.15) is 0 Å². The van der Waals surface area contributed by atoms with E-state index in [0.717, 1.165) is 23.4 Å². The van der Waals surface area contributed by atoms with Gasteiger partial charge < -0.3 is 14.8 Å². The Hall–Kier alpha value is -1.55. The fourth-order valence-electron chi connectivity index (χ4n) is 2.38. The number of esters is 1. The van der Waals surface area contributed by atoms with E-state index in [1.807, 2.05) is 13.8 Å². The van der Waals surface area contributed by atoms with E-state index >= 15 is 0 Å². The zero-order valence-electron chi connectivity index (χ0n) is 12.7. The van der Waals surface area contributed by atoms with Crippen molar-refractivity contribution in [3.63, 3.8) is 0 Å². The molecular weight excluding hydrogens is 254 g/mol. The van der Waals surface area contributed by atoms with Crippen LogP contribution in [0.15, 0.2) is 12.1 Å². The fourth-order valence-corrected chi connectivity index (χ4v) is 2.38. The molecule has 1 aliphatic heterocycles. The molecule has 0 amide bonds. The number of rotatable bonds is 5. The summed E-state index contributed by atoms with van der Waals surface area (Å²) in [4.78, 5) is 11.5. The number of cyclic esters (lactones) is 1. The molecular formula is C16H23NO3. The first-order chi connectivity index (χ1) is 9.47. The molecule has 0 saturated carbocycles. The highest BCUT2D eigenvalue weighted by atomic mass is 16.6. The normalized spacial score (nSPS) is 18.4. The minimum absolute atomic E-state index is 0.255. The maximum absolute atomic E-state index is 11.5. The second kappa shape index (κ2) is 6.27. The minimum Gasteiger partial charge on any atom is -0.478 e.